The molecular weight excluding hydrogens is 346 g/mol. The molecule has 0 radical (unpaired) electrons. The maximum atomic E-state index is 11.9. The minimum atomic E-state index is -0.534. The molecule has 0 atom stereocenters. The van der Waals surface area contributed by atoms with E-state index in [2.05, 4.69) is 10.9 Å². The summed E-state index contributed by atoms with van der Waals surface area (Å²) in [5.74, 6) is -0.483. The number of nitrogens with zero attached hydrogens (tertiary/aromatic N) is 1. The number of ether oxygens (including phenoxy) is 1. The number of amides is 2. The molecule has 0 aliphatic rings. The molecule has 1 heterocycles. The molecule has 0 unspecified atom stereocenters. The molecule has 0 aliphatic carbocycles. The first-order chi connectivity index (χ1) is 13.1. The van der Waals surface area contributed by atoms with Gasteiger partial charge in [0.25, 0.3) is 11.8 Å². The van der Waals surface area contributed by atoms with Gasteiger partial charge in [-0.2, -0.15) is 4.73 Å². The van der Waals surface area contributed by atoms with Crippen molar-refractivity contribution in [2.45, 2.75) is 0 Å². The van der Waals surface area contributed by atoms with E-state index >= 15 is 0 Å². The molecule has 0 fully saturated rings. The Morgan fingerprint density at radius 2 is 1.56 bits per heavy atom. The van der Waals surface area contributed by atoms with Gasteiger partial charge in [0.1, 0.15) is 5.75 Å². The molecule has 1 aromatic heterocycles. The van der Waals surface area contributed by atoms with Crippen molar-refractivity contribution in [3.8, 4) is 16.9 Å². The summed E-state index contributed by atoms with van der Waals surface area (Å²) < 4.78 is 6.16. The molecule has 7 nitrogen and oxygen atoms in total. The van der Waals surface area contributed by atoms with Crippen LogP contribution in [0, 0.1) is 5.21 Å². The van der Waals surface area contributed by atoms with Crippen LogP contribution in [0.15, 0.2) is 79.1 Å². The van der Waals surface area contributed by atoms with Gasteiger partial charge in [0.15, 0.2) is 19.0 Å². The first kappa shape index (κ1) is 17.9. The van der Waals surface area contributed by atoms with Crippen molar-refractivity contribution in [2.24, 2.45) is 0 Å². The van der Waals surface area contributed by atoms with E-state index in [0.717, 1.165) is 11.1 Å². The molecule has 0 saturated carbocycles. The van der Waals surface area contributed by atoms with Crippen molar-refractivity contribution < 1.29 is 19.1 Å². The van der Waals surface area contributed by atoms with E-state index in [-0.39, 0.29) is 12.2 Å². The number of hydrazine groups is 1. The third-order valence-corrected chi connectivity index (χ3v) is 3.71. The number of hydrogen-bond acceptors (Lipinski definition) is 4. The van der Waals surface area contributed by atoms with E-state index in [9.17, 15) is 14.8 Å². The van der Waals surface area contributed by atoms with Gasteiger partial charge < -0.3 is 9.94 Å². The van der Waals surface area contributed by atoms with Crippen LogP contribution in [-0.2, 0) is 4.79 Å². The number of carbonyl (C=O) groups is 2. The van der Waals surface area contributed by atoms with Crippen LogP contribution in [0.5, 0.6) is 5.75 Å². The summed E-state index contributed by atoms with van der Waals surface area (Å²) >= 11 is 0. The van der Waals surface area contributed by atoms with Gasteiger partial charge >= 0.3 is 0 Å². The maximum absolute atomic E-state index is 11.9. The van der Waals surface area contributed by atoms with Crippen molar-refractivity contribution in [3.05, 3.63) is 89.9 Å². The van der Waals surface area contributed by atoms with Gasteiger partial charge in [-0.15, -0.1) is 0 Å². The monoisotopic (exact) mass is 363 g/mol. The lowest BCUT2D eigenvalue weighted by Gasteiger charge is -2.12. The van der Waals surface area contributed by atoms with Gasteiger partial charge in [-0.05, 0) is 11.6 Å². The molecule has 0 bridgehead atoms. The predicted molar refractivity (Wildman–Crippen MR) is 98.4 cm³/mol. The Balaban J connectivity index is 1.55. The SMILES string of the molecule is O=C(COc1ccccc1-c1ccccc1)NNC(=O)c1cc[n+]([O-])cc1. The Hall–Kier alpha value is -3.87. The lowest BCUT2D eigenvalue weighted by atomic mass is 10.1. The number of nitrogens with one attached hydrogen (secondary N) is 2. The second-order valence-corrected chi connectivity index (χ2v) is 5.60. The topological polar surface area (TPSA) is 94.4 Å². The summed E-state index contributed by atoms with van der Waals surface area (Å²) in [5.41, 5.74) is 6.63. The average molecular weight is 363 g/mol. The van der Waals surface area contributed by atoms with Crippen LogP contribution in [-0.4, -0.2) is 18.4 Å². The van der Waals surface area contributed by atoms with Crippen LogP contribution in [0.2, 0.25) is 0 Å². The zero-order valence-corrected chi connectivity index (χ0v) is 14.3. The lowest BCUT2D eigenvalue weighted by molar-refractivity contribution is -0.605. The molecule has 136 valence electrons. The third kappa shape index (κ3) is 4.82. The third-order valence-electron chi connectivity index (χ3n) is 3.71. The number of pyridine rings is 1. The second-order valence-electron chi connectivity index (χ2n) is 5.60. The number of hydrogen-bond donors (Lipinski definition) is 2. The quantitative estimate of drug-likeness (QED) is 0.411. The highest BCUT2D eigenvalue weighted by Crippen LogP contribution is 2.29. The summed E-state index contributed by atoms with van der Waals surface area (Å²) in [7, 11) is 0. The highest BCUT2D eigenvalue weighted by molar-refractivity contribution is 5.95. The first-order valence-corrected chi connectivity index (χ1v) is 8.19. The number of aromatic nitrogens is 1. The maximum Gasteiger partial charge on any atom is 0.276 e. The number of rotatable bonds is 5. The Labute approximate surface area is 155 Å². The summed E-state index contributed by atoms with van der Waals surface area (Å²) in [6.07, 6.45) is 2.39. The average Bonchev–Trinajstić information content (AvgIpc) is 2.72. The fraction of sp³-hybridized carbons (Fsp3) is 0.0500. The summed E-state index contributed by atoms with van der Waals surface area (Å²) in [6, 6.07) is 19.8. The fourth-order valence-electron chi connectivity index (χ4n) is 2.39. The largest absolute Gasteiger partial charge is 0.619 e. The van der Waals surface area contributed by atoms with Gasteiger partial charge in [-0.25, -0.2) is 0 Å². The molecule has 27 heavy (non-hydrogen) atoms. The molecule has 7 heteroatoms. The fourth-order valence-corrected chi connectivity index (χ4v) is 2.39. The first-order valence-electron chi connectivity index (χ1n) is 8.19. The minimum Gasteiger partial charge on any atom is -0.619 e. The normalized spacial score (nSPS) is 10.1. The van der Waals surface area contributed by atoms with E-state index < -0.39 is 11.8 Å². The minimum absolute atomic E-state index is 0.248. The highest BCUT2D eigenvalue weighted by atomic mass is 16.5. The summed E-state index contributed by atoms with van der Waals surface area (Å²) in [6.45, 7) is -0.264. The Morgan fingerprint density at radius 1 is 0.889 bits per heavy atom. The van der Waals surface area contributed by atoms with Crippen molar-refractivity contribution in [3.63, 3.8) is 0 Å². The van der Waals surface area contributed by atoms with E-state index in [0.29, 0.717) is 10.5 Å². The van der Waals surface area contributed by atoms with Gasteiger partial charge in [0.05, 0.1) is 5.56 Å². The van der Waals surface area contributed by atoms with Crippen molar-refractivity contribution in [1.82, 2.24) is 10.9 Å². The Morgan fingerprint density at radius 3 is 2.30 bits per heavy atom. The predicted octanol–water partition coefficient (Wildman–Crippen LogP) is 1.83. The van der Waals surface area contributed by atoms with Crippen LogP contribution in [0.3, 0.4) is 0 Å². The molecule has 2 N–H and O–H groups in total. The molecule has 3 aromatic rings. The van der Waals surface area contributed by atoms with Crippen LogP contribution in [0.4, 0.5) is 0 Å². The highest BCUT2D eigenvalue weighted by Gasteiger charge is 2.10. The second kappa shape index (κ2) is 8.48. The molecule has 0 saturated heterocycles. The van der Waals surface area contributed by atoms with Crippen LogP contribution in [0.25, 0.3) is 11.1 Å². The zero-order chi connectivity index (χ0) is 19.1. The summed E-state index contributed by atoms with van der Waals surface area (Å²) in [5, 5.41) is 11.0. The molecule has 2 aromatic carbocycles. The van der Waals surface area contributed by atoms with Gasteiger partial charge in [0.2, 0.25) is 0 Å². The van der Waals surface area contributed by atoms with Gasteiger partial charge in [-0.3, -0.25) is 20.4 Å². The molecule has 0 spiro atoms. The van der Waals surface area contributed by atoms with Crippen molar-refractivity contribution in [2.75, 3.05) is 6.61 Å². The van der Waals surface area contributed by atoms with Gasteiger partial charge in [0, 0.05) is 17.7 Å². The van der Waals surface area contributed by atoms with Crippen LogP contribution in [0.1, 0.15) is 10.4 Å². The number of para-hydroxylation sites is 1. The molecule has 0 aliphatic heterocycles. The lowest BCUT2D eigenvalue weighted by Crippen LogP contribution is -2.44. The van der Waals surface area contributed by atoms with E-state index in [4.69, 9.17) is 4.74 Å². The van der Waals surface area contributed by atoms with Crippen molar-refractivity contribution in [1.29, 1.82) is 0 Å². The van der Waals surface area contributed by atoms with Crippen molar-refractivity contribution >= 4 is 11.8 Å². The summed E-state index contributed by atoms with van der Waals surface area (Å²) in [4.78, 5) is 23.8. The molecule has 3 rings (SSSR count). The standard InChI is InChI=1S/C20H17N3O4/c24-19(21-22-20(25)16-10-12-23(26)13-11-16)14-27-18-9-5-4-8-17(18)15-6-2-1-3-7-15/h1-13H,14H2,(H,21,24)(H,22,25). The van der Waals surface area contributed by atoms with E-state index in [1.165, 1.54) is 24.5 Å². The van der Waals surface area contributed by atoms with Crippen LogP contribution < -0.4 is 20.3 Å². The van der Waals surface area contributed by atoms with E-state index in [1.54, 1.807) is 6.07 Å². The molecule has 2 amide bonds. The molecular formula is C20H17N3O4. The number of carbonyl (C=O) groups excluding carboxylic acids is 2. The van der Waals surface area contributed by atoms with Gasteiger partial charge in [-0.1, -0.05) is 48.5 Å². The smallest absolute Gasteiger partial charge is 0.276 e. The number of benzene rings is 2. The zero-order valence-electron chi connectivity index (χ0n) is 14.3. The Bertz CT molecular complexity index is 927. The van der Waals surface area contributed by atoms with Crippen LogP contribution >= 0.6 is 0 Å². The van der Waals surface area contributed by atoms with E-state index in [1.807, 2.05) is 48.5 Å². The Kier molecular flexibility index (Phi) is 5.64.